The van der Waals surface area contributed by atoms with E-state index in [4.69, 9.17) is 24.7 Å². The molecule has 0 aromatic heterocycles. The quantitative estimate of drug-likeness (QED) is 0.566. The summed E-state index contributed by atoms with van der Waals surface area (Å²) >= 11 is 0. The molecule has 0 aliphatic heterocycles. The van der Waals surface area contributed by atoms with E-state index in [-0.39, 0.29) is 17.9 Å². The predicted octanol–water partition coefficient (Wildman–Crippen LogP) is 2.82. The topological polar surface area (TPSA) is 97.1 Å². The first kappa shape index (κ1) is 19.8. The van der Waals surface area contributed by atoms with Crippen molar-refractivity contribution in [2.75, 3.05) is 20.8 Å². The molecule has 2 N–H and O–H groups in total. The van der Waals surface area contributed by atoms with Crippen LogP contribution in [0.15, 0.2) is 42.5 Å². The molecule has 0 heterocycles. The van der Waals surface area contributed by atoms with E-state index in [9.17, 15) is 9.59 Å². The van der Waals surface area contributed by atoms with Crippen molar-refractivity contribution >= 4 is 18.0 Å². The molecule has 0 saturated heterocycles. The molecule has 142 valence electrons. The van der Waals surface area contributed by atoms with Gasteiger partial charge in [-0.15, -0.1) is 0 Å². The minimum absolute atomic E-state index is 0.00541. The van der Waals surface area contributed by atoms with Crippen LogP contribution in [0.25, 0.3) is 6.08 Å². The molecule has 2 aromatic rings. The number of methoxy groups -OCH3 is 2. The third-order valence-corrected chi connectivity index (χ3v) is 3.57. The average Bonchev–Trinajstić information content (AvgIpc) is 2.66. The minimum Gasteiger partial charge on any atom is -0.497 e. The lowest BCUT2D eigenvalue weighted by atomic mass is 10.2. The van der Waals surface area contributed by atoms with Crippen LogP contribution in [0.5, 0.6) is 23.0 Å². The van der Waals surface area contributed by atoms with Crippen LogP contribution in [0.2, 0.25) is 0 Å². The predicted molar refractivity (Wildman–Crippen MR) is 100 cm³/mol. The number of amides is 1. The second-order valence-electron chi connectivity index (χ2n) is 5.40. The summed E-state index contributed by atoms with van der Waals surface area (Å²) in [5.41, 5.74) is 6.30. The van der Waals surface area contributed by atoms with Gasteiger partial charge < -0.3 is 24.7 Å². The molecule has 0 radical (unpaired) electrons. The Labute approximate surface area is 157 Å². The standard InChI is InChI=1S/C20H21NO6/c1-4-5-13-6-9-16(18(10-13)25-3)26-12-19(22)27-17-11-14(24-2)7-8-15(17)20(21)23/h4-11H,12H2,1-3H3,(H2,21,23). The maximum Gasteiger partial charge on any atom is 0.349 e. The maximum atomic E-state index is 12.1. The molecular formula is C20H21NO6. The molecule has 0 spiro atoms. The lowest BCUT2D eigenvalue weighted by molar-refractivity contribution is -0.136. The third-order valence-electron chi connectivity index (χ3n) is 3.57. The number of benzene rings is 2. The smallest absolute Gasteiger partial charge is 0.349 e. The van der Waals surface area contributed by atoms with E-state index in [2.05, 4.69) is 0 Å². The van der Waals surface area contributed by atoms with Gasteiger partial charge in [0.1, 0.15) is 11.5 Å². The molecule has 1 amide bonds. The highest BCUT2D eigenvalue weighted by atomic mass is 16.6. The van der Waals surface area contributed by atoms with Crippen LogP contribution in [0.3, 0.4) is 0 Å². The van der Waals surface area contributed by atoms with Crippen molar-refractivity contribution in [3.05, 3.63) is 53.6 Å². The van der Waals surface area contributed by atoms with Gasteiger partial charge in [0, 0.05) is 6.07 Å². The van der Waals surface area contributed by atoms with Gasteiger partial charge in [-0.25, -0.2) is 4.79 Å². The first-order valence-electron chi connectivity index (χ1n) is 8.10. The van der Waals surface area contributed by atoms with Crippen molar-refractivity contribution in [2.45, 2.75) is 6.92 Å². The molecule has 2 aromatic carbocycles. The molecule has 2 rings (SSSR count). The van der Waals surface area contributed by atoms with E-state index in [1.54, 1.807) is 18.2 Å². The first-order chi connectivity index (χ1) is 13.0. The zero-order valence-electron chi connectivity index (χ0n) is 15.4. The number of esters is 1. The lowest BCUT2D eigenvalue weighted by Gasteiger charge is -2.12. The lowest BCUT2D eigenvalue weighted by Crippen LogP contribution is -2.20. The van der Waals surface area contributed by atoms with Crippen LogP contribution in [-0.4, -0.2) is 32.7 Å². The zero-order chi connectivity index (χ0) is 19.8. The van der Waals surface area contributed by atoms with E-state index in [1.807, 2.05) is 25.1 Å². The van der Waals surface area contributed by atoms with Gasteiger partial charge in [0.15, 0.2) is 18.1 Å². The number of nitrogens with two attached hydrogens (primary N) is 1. The molecule has 0 fully saturated rings. The molecular weight excluding hydrogens is 350 g/mol. The Kier molecular flexibility index (Phi) is 6.82. The van der Waals surface area contributed by atoms with Crippen molar-refractivity contribution in [1.82, 2.24) is 0 Å². The highest BCUT2D eigenvalue weighted by Crippen LogP contribution is 2.29. The number of hydrogen-bond donors (Lipinski definition) is 1. The minimum atomic E-state index is -0.720. The van der Waals surface area contributed by atoms with Crippen molar-refractivity contribution in [3.63, 3.8) is 0 Å². The maximum absolute atomic E-state index is 12.1. The molecule has 7 heteroatoms. The van der Waals surface area contributed by atoms with Gasteiger partial charge >= 0.3 is 5.97 Å². The number of ether oxygens (including phenoxy) is 4. The van der Waals surface area contributed by atoms with Gasteiger partial charge in [-0.1, -0.05) is 18.2 Å². The SMILES string of the molecule is CC=Cc1ccc(OCC(=O)Oc2cc(OC)ccc2C(N)=O)c(OC)c1. The Morgan fingerprint density at radius 3 is 2.41 bits per heavy atom. The molecule has 27 heavy (non-hydrogen) atoms. The monoisotopic (exact) mass is 371 g/mol. The Hall–Kier alpha value is -3.48. The summed E-state index contributed by atoms with van der Waals surface area (Å²) in [7, 11) is 2.97. The fraction of sp³-hybridized carbons (Fsp3) is 0.200. The summed E-state index contributed by atoms with van der Waals surface area (Å²) in [6.07, 6.45) is 3.81. The zero-order valence-corrected chi connectivity index (χ0v) is 15.4. The summed E-state index contributed by atoms with van der Waals surface area (Å²) in [4.78, 5) is 23.6. The number of allylic oxidation sites excluding steroid dienone is 1. The summed E-state index contributed by atoms with van der Waals surface area (Å²) in [5.74, 6) is -0.121. The van der Waals surface area contributed by atoms with Crippen molar-refractivity contribution in [1.29, 1.82) is 0 Å². The molecule has 0 unspecified atom stereocenters. The van der Waals surface area contributed by atoms with Crippen LogP contribution in [0.1, 0.15) is 22.8 Å². The van der Waals surface area contributed by atoms with Gasteiger partial charge in [0.2, 0.25) is 0 Å². The van der Waals surface area contributed by atoms with Crippen LogP contribution < -0.4 is 24.7 Å². The van der Waals surface area contributed by atoms with E-state index in [0.29, 0.717) is 17.2 Å². The largest absolute Gasteiger partial charge is 0.497 e. The summed E-state index contributed by atoms with van der Waals surface area (Å²) < 4.78 is 21.0. The first-order valence-corrected chi connectivity index (χ1v) is 8.10. The molecule has 0 aliphatic carbocycles. The van der Waals surface area contributed by atoms with Gasteiger partial charge in [-0.2, -0.15) is 0 Å². The molecule has 0 aliphatic rings. The van der Waals surface area contributed by atoms with Gasteiger partial charge in [0.05, 0.1) is 19.8 Å². The second-order valence-corrected chi connectivity index (χ2v) is 5.40. The van der Waals surface area contributed by atoms with Crippen LogP contribution >= 0.6 is 0 Å². The van der Waals surface area contributed by atoms with E-state index in [1.165, 1.54) is 26.4 Å². The van der Waals surface area contributed by atoms with Gasteiger partial charge in [-0.05, 0) is 36.8 Å². The Morgan fingerprint density at radius 1 is 1.00 bits per heavy atom. The Balaban J connectivity index is 2.10. The van der Waals surface area contributed by atoms with E-state index >= 15 is 0 Å². The molecule has 7 nitrogen and oxygen atoms in total. The second kappa shape index (κ2) is 9.28. The van der Waals surface area contributed by atoms with Crippen LogP contribution in [0, 0.1) is 0 Å². The number of carbonyl (C=O) groups is 2. The average molecular weight is 371 g/mol. The summed E-state index contributed by atoms with van der Waals surface area (Å²) in [6, 6.07) is 9.69. The third kappa shape index (κ3) is 5.24. The van der Waals surface area contributed by atoms with Crippen molar-refractivity contribution < 1.29 is 28.5 Å². The van der Waals surface area contributed by atoms with Gasteiger partial charge in [0.25, 0.3) is 5.91 Å². The number of primary amides is 1. The summed E-state index contributed by atoms with van der Waals surface area (Å²) in [5, 5.41) is 0. The van der Waals surface area contributed by atoms with Crippen molar-refractivity contribution in [2.24, 2.45) is 5.73 Å². The van der Waals surface area contributed by atoms with Gasteiger partial charge in [-0.3, -0.25) is 4.79 Å². The number of hydrogen-bond acceptors (Lipinski definition) is 6. The highest BCUT2D eigenvalue weighted by Gasteiger charge is 2.16. The van der Waals surface area contributed by atoms with Crippen molar-refractivity contribution in [3.8, 4) is 23.0 Å². The number of rotatable bonds is 8. The van der Waals surface area contributed by atoms with Crippen LogP contribution in [-0.2, 0) is 4.79 Å². The Morgan fingerprint density at radius 2 is 1.78 bits per heavy atom. The molecule has 0 saturated carbocycles. The molecule has 0 bridgehead atoms. The normalized spacial score (nSPS) is 10.5. The van der Waals surface area contributed by atoms with Crippen LogP contribution in [0.4, 0.5) is 0 Å². The van der Waals surface area contributed by atoms with E-state index < -0.39 is 11.9 Å². The summed E-state index contributed by atoms with van der Waals surface area (Å²) in [6.45, 7) is 1.53. The van der Waals surface area contributed by atoms with E-state index in [0.717, 1.165) is 5.56 Å². The fourth-order valence-corrected chi connectivity index (χ4v) is 2.31. The highest BCUT2D eigenvalue weighted by molar-refractivity contribution is 5.96. The molecule has 0 atom stereocenters. The Bertz CT molecular complexity index is 860. The fourth-order valence-electron chi connectivity index (χ4n) is 2.31. The number of carbonyl (C=O) groups excluding carboxylic acids is 2.